The molecule has 1 heterocycles. The third-order valence-corrected chi connectivity index (χ3v) is 0.770. The number of rotatable bonds is 1. The van der Waals surface area contributed by atoms with Gasteiger partial charge in [-0.3, -0.25) is 5.21 Å². The van der Waals surface area contributed by atoms with Gasteiger partial charge < -0.3 is 22.9 Å². The van der Waals surface area contributed by atoms with Crippen LogP contribution in [0.2, 0.25) is 0 Å². The van der Waals surface area contributed by atoms with Gasteiger partial charge in [-0.05, 0) is 0 Å². The number of aromatic nitrogens is 3. The molecule has 1 aromatic rings. The van der Waals surface area contributed by atoms with E-state index in [0.717, 1.165) is 0 Å². The summed E-state index contributed by atoms with van der Waals surface area (Å²) in [5.74, 6) is -0.141. The van der Waals surface area contributed by atoms with Crippen molar-refractivity contribution >= 4 is 23.9 Å². The van der Waals surface area contributed by atoms with Crippen molar-refractivity contribution in [1.82, 2.24) is 15.0 Å². The van der Waals surface area contributed by atoms with Crippen molar-refractivity contribution in [2.75, 3.05) is 16.9 Å². The van der Waals surface area contributed by atoms with E-state index in [-0.39, 0.29) is 17.8 Å². The maximum absolute atomic E-state index is 9.00. The van der Waals surface area contributed by atoms with Crippen LogP contribution in [0.25, 0.3) is 0 Å². The fourth-order valence-electron chi connectivity index (χ4n) is 0.459. The van der Waals surface area contributed by atoms with Crippen LogP contribution in [0.5, 0.6) is 0 Å². The van der Waals surface area contributed by atoms with Crippen LogP contribution in [-0.2, 0) is 0 Å². The summed E-state index contributed by atoms with van der Waals surface area (Å²) in [4.78, 5) is 19.4. The Balaban J connectivity index is 0.000000364. The van der Waals surface area contributed by atoms with Gasteiger partial charge in [-0.2, -0.15) is 15.0 Å². The van der Waals surface area contributed by atoms with Crippen molar-refractivity contribution in [3.8, 4) is 0 Å². The van der Waals surface area contributed by atoms with Crippen LogP contribution >= 0.6 is 0 Å². The van der Waals surface area contributed by atoms with E-state index in [1.807, 2.05) is 0 Å². The average Bonchev–Trinajstić information content (AvgIpc) is 2.01. The van der Waals surface area contributed by atoms with Gasteiger partial charge in [0.05, 0.1) is 0 Å². The highest BCUT2D eigenvalue weighted by Gasteiger charge is 1.97. The van der Waals surface area contributed by atoms with E-state index in [1.165, 1.54) is 0 Å². The summed E-state index contributed by atoms with van der Waals surface area (Å²) >= 11 is 0. The lowest BCUT2D eigenvalue weighted by Gasteiger charge is -1.97. The van der Waals surface area contributed by atoms with Gasteiger partial charge in [0.25, 0.3) is 5.95 Å². The summed E-state index contributed by atoms with van der Waals surface area (Å²) in [5, 5.41) is 8.27. The van der Waals surface area contributed by atoms with Crippen LogP contribution in [0.4, 0.5) is 22.6 Å². The maximum Gasteiger partial charge on any atom is 0.309 e. The molecule has 10 nitrogen and oxygen atoms in total. The minimum Gasteiger partial charge on any atom is -0.368 e. The van der Waals surface area contributed by atoms with Crippen molar-refractivity contribution in [2.24, 2.45) is 11.5 Å². The molecule has 0 aliphatic rings. The summed E-state index contributed by atoms with van der Waals surface area (Å²) in [7, 11) is 0. The van der Waals surface area contributed by atoms with Crippen molar-refractivity contribution < 1.29 is 10.0 Å². The largest absolute Gasteiger partial charge is 0.368 e. The third-order valence-electron chi connectivity index (χ3n) is 0.770. The molecule has 10 heteroatoms. The van der Waals surface area contributed by atoms with Gasteiger partial charge in [-0.1, -0.05) is 0 Å². The van der Waals surface area contributed by atoms with E-state index in [9.17, 15) is 0 Å². The average molecular weight is 202 g/mol. The smallest absolute Gasteiger partial charge is 0.309 e. The molecule has 0 unspecified atom stereocenters. The highest BCUT2D eigenvalue weighted by molar-refractivity contribution is 5.69. The molecule has 0 spiro atoms. The monoisotopic (exact) mass is 202 g/mol. The van der Waals surface area contributed by atoms with Crippen molar-refractivity contribution in [1.29, 1.82) is 0 Å². The Kier molecular flexibility index (Phi) is 4.42. The van der Waals surface area contributed by atoms with Crippen LogP contribution in [-0.4, -0.2) is 26.2 Å². The fourth-order valence-corrected chi connectivity index (χ4v) is 0.459. The second kappa shape index (κ2) is 5.31. The van der Waals surface area contributed by atoms with E-state index in [2.05, 4.69) is 26.4 Å². The summed E-state index contributed by atoms with van der Waals surface area (Å²) < 4.78 is 0. The van der Waals surface area contributed by atoms with E-state index in [1.54, 1.807) is 5.48 Å². The molecule has 0 bridgehead atoms. The number of urea groups is 1. The van der Waals surface area contributed by atoms with Gasteiger partial charge >= 0.3 is 6.03 Å². The minimum atomic E-state index is -0.833. The molecule has 0 saturated carbocycles. The first-order chi connectivity index (χ1) is 6.45. The number of hydrogen-bond acceptors (Lipinski definition) is 8. The van der Waals surface area contributed by atoms with Crippen LogP contribution in [0, 0.1) is 0 Å². The van der Waals surface area contributed by atoms with E-state index < -0.39 is 6.03 Å². The number of hydrogen-bond donors (Lipinski definition) is 6. The van der Waals surface area contributed by atoms with Crippen LogP contribution < -0.4 is 28.4 Å². The number of nitrogen functional groups attached to an aromatic ring is 2. The van der Waals surface area contributed by atoms with Crippen molar-refractivity contribution in [3.63, 3.8) is 0 Å². The molecule has 1 rings (SSSR count). The van der Waals surface area contributed by atoms with Crippen molar-refractivity contribution in [3.05, 3.63) is 0 Å². The predicted octanol–water partition coefficient (Wildman–Crippen LogP) is -2.14. The summed E-state index contributed by atoms with van der Waals surface area (Å²) in [6.45, 7) is 0. The first kappa shape index (κ1) is 11.6. The summed E-state index contributed by atoms with van der Waals surface area (Å²) in [6.07, 6.45) is 0. The number of amides is 2. The van der Waals surface area contributed by atoms with Gasteiger partial charge in [0.2, 0.25) is 11.9 Å². The van der Waals surface area contributed by atoms with Gasteiger partial charge in [-0.25, -0.2) is 10.3 Å². The number of nitrogens with one attached hydrogen (secondary N) is 1. The topological polar surface area (TPSA) is 192 Å². The van der Waals surface area contributed by atoms with E-state index in [0.29, 0.717) is 0 Å². The number of primary amides is 2. The van der Waals surface area contributed by atoms with Crippen LogP contribution in [0.1, 0.15) is 0 Å². The molecule has 14 heavy (non-hydrogen) atoms. The molecular weight excluding hydrogens is 192 g/mol. The number of carbonyl (C=O) groups excluding carboxylic acids is 1. The molecule has 0 aliphatic carbocycles. The molecule has 78 valence electrons. The van der Waals surface area contributed by atoms with E-state index >= 15 is 0 Å². The first-order valence-electron chi connectivity index (χ1n) is 3.17. The van der Waals surface area contributed by atoms with E-state index in [4.69, 9.17) is 21.5 Å². The van der Waals surface area contributed by atoms with Gasteiger partial charge in [0, 0.05) is 0 Å². The second-order valence-corrected chi connectivity index (χ2v) is 1.89. The standard InChI is InChI=1S/C3H6N6O.CH4N2O/c4-1-6-2(5)8-3(7-1)9-10;2-1(3)4/h10H,(H5,4,5,6,7,8,9);(H4,2,3,4). The zero-order chi connectivity index (χ0) is 11.1. The Morgan fingerprint density at radius 2 is 1.50 bits per heavy atom. The predicted molar refractivity (Wildman–Crippen MR) is 47.8 cm³/mol. The number of anilines is 3. The zero-order valence-electron chi connectivity index (χ0n) is 7.01. The molecule has 1 aromatic heterocycles. The SMILES string of the molecule is NC(N)=O.Nc1nc(N)nc(NO)n1. The lowest BCUT2D eigenvalue weighted by atomic mass is 10.8. The second-order valence-electron chi connectivity index (χ2n) is 1.89. The summed E-state index contributed by atoms with van der Waals surface area (Å²) in [5.41, 5.74) is 20.5. The maximum atomic E-state index is 9.00. The lowest BCUT2D eigenvalue weighted by Crippen LogP contribution is -2.18. The van der Waals surface area contributed by atoms with Crippen LogP contribution in [0.3, 0.4) is 0 Å². The molecule has 0 saturated heterocycles. The molecule has 0 aromatic carbocycles. The van der Waals surface area contributed by atoms with Crippen LogP contribution in [0.15, 0.2) is 0 Å². The Morgan fingerprint density at radius 3 is 1.79 bits per heavy atom. The molecule has 0 fully saturated rings. The first-order valence-corrected chi connectivity index (χ1v) is 3.17. The molecule has 0 atom stereocenters. The molecule has 2 amide bonds. The van der Waals surface area contributed by atoms with Gasteiger partial charge in [0.1, 0.15) is 0 Å². The zero-order valence-corrected chi connectivity index (χ0v) is 7.01. The van der Waals surface area contributed by atoms with Crippen molar-refractivity contribution in [2.45, 2.75) is 0 Å². The Bertz CT molecular complexity index is 290. The molecular formula is C4H10N8O2. The fraction of sp³-hybridized carbons (Fsp3) is 0. The highest BCUT2D eigenvalue weighted by atomic mass is 16.5. The Morgan fingerprint density at radius 1 is 1.14 bits per heavy atom. The Labute approximate surface area is 78.3 Å². The number of carbonyl (C=O) groups is 1. The molecule has 10 N–H and O–H groups in total. The Hall–Kier alpha value is -2.36. The summed E-state index contributed by atoms with van der Waals surface area (Å²) in [6, 6.07) is -0.833. The highest BCUT2D eigenvalue weighted by Crippen LogP contribution is 2.00. The van der Waals surface area contributed by atoms with Gasteiger partial charge in [0.15, 0.2) is 0 Å². The molecule has 0 radical (unpaired) electrons. The number of nitrogens with two attached hydrogens (primary N) is 4. The number of nitrogens with zero attached hydrogens (tertiary/aromatic N) is 3. The molecule has 0 aliphatic heterocycles. The normalized spacial score (nSPS) is 8.36. The minimum absolute atomic E-state index is 0.0379. The lowest BCUT2D eigenvalue weighted by molar-refractivity contribution is 0.256. The third kappa shape index (κ3) is 5.31. The quantitative estimate of drug-likeness (QED) is 0.277. The van der Waals surface area contributed by atoms with Gasteiger partial charge in [-0.15, -0.1) is 0 Å².